The molecule has 0 nitrogen and oxygen atoms in total. The van der Waals surface area contributed by atoms with Gasteiger partial charge in [0.05, 0.1) is 0 Å². The van der Waals surface area contributed by atoms with Crippen LogP contribution in [-0.2, 0) is 0 Å². The first kappa shape index (κ1) is 13.2. The summed E-state index contributed by atoms with van der Waals surface area (Å²) in [6, 6.07) is 0. The van der Waals surface area contributed by atoms with Gasteiger partial charge < -0.3 is 0 Å². The summed E-state index contributed by atoms with van der Waals surface area (Å²) >= 11 is 2.61. The van der Waals surface area contributed by atoms with Crippen molar-refractivity contribution in [3.8, 4) is 0 Å². The van der Waals surface area contributed by atoms with Crippen LogP contribution < -0.4 is 0 Å². The van der Waals surface area contributed by atoms with Gasteiger partial charge in [-0.1, -0.05) is 32.3 Å². The molecular formula is C18H27I. The molecule has 0 amide bonds. The van der Waals surface area contributed by atoms with Crippen LogP contribution in [-0.4, -0.2) is 0 Å². The predicted molar refractivity (Wildman–Crippen MR) is 89.2 cm³/mol. The lowest BCUT2D eigenvalue weighted by molar-refractivity contribution is -0.0399. The molecule has 0 aromatic heterocycles. The van der Waals surface area contributed by atoms with Crippen molar-refractivity contribution in [1.82, 2.24) is 0 Å². The molecule has 1 heteroatoms. The normalized spacial score (nSPS) is 52.9. The van der Waals surface area contributed by atoms with Crippen molar-refractivity contribution < 1.29 is 0 Å². The van der Waals surface area contributed by atoms with E-state index >= 15 is 0 Å². The minimum absolute atomic E-state index is 0.569. The second kappa shape index (κ2) is 4.74. The smallest absolute Gasteiger partial charge is 0.0102 e. The van der Waals surface area contributed by atoms with Gasteiger partial charge in [0.15, 0.2) is 0 Å². The fourth-order valence-corrected chi connectivity index (χ4v) is 7.55. The van der Waals surface area contributed by atoms with E-state index in [1.807, 2.05) is 0 Å². The molecule has 0 aromatic rings. The SMILES string of the molecule is C[C@@]12C=C(I)C[C@H]1[C@@H]1CCC3CCCC[C@@H]3[C@H]1CC2. The molecule has 4 aliphatic rings. The molecule has 0 heterocycles. The number of hydrogen-bond donors (Lipinski definition) is 0. The molecule has 0 aliphatic heterocycles. The molecule has 106 valence electrons. The summed E-state index contributed by atoms with van der Waals surface area (Å²) in [7, 11) is 0. The fourth-order valence-electron chi connectivity index (χ4n) is 6.37. The lowest BCUT2D eigenvalue weighted by Crippen LogP contribution is -2.46. The van der Waals surface area contributed by atoms with Crippen molar-refractivity contribution in [2.45, 2.75) is 64.7 Å². The third-order valence-corrected chi connectivity index (χ3v) is 7.97. The highest BCUT2D eigenvalue weighted by molar-refractivity contribution is 14.1. The molecule has 0 radical (unpaired) electrons. The van der Waals surface area contributed by atoms with Crippen LogP contribution in [0.15, 0.2) is 9.66 Å². The lowest BCUT2D eigenvalue weighted by Gasteiger charge is -2.54. The van der Waals surface area contributed by atoms with Crippen LogP contribution in [0.1, 0.15) is 64.7 Å². The Labute approximate surface area is 131 Å². The summed E-state index contributed by atoms with van der Waals surface area (Å²) in [5, 5.41) is 0. The Balaban J connectivity index is 1.60. The first-order valence-corrected chi connectivity index (χ1v) is 9.62. The average Bonchev–Trinajstić information content (AvgIpc) is 2.73. The van der Waals surface area contributed by atoms with Crippen molar-refractivity contribution >= 4 is 22.6 Å². The monoisotopic (exact) mass is 370 g/mol. The maximum atomic E-state index is 2.64. The highest BCUT2D eigenvalue weighted by Gasteiger charge is 2.52. The number of rotatable bonds is 0. The molecule has 3 saturated carbocycles. The standard InChI is InChI=1S/C18H27I/c1-18-9-8-15-14-5-3-2-4-12(14)6-7-16(15)17(18)10-13(19)11-18/h11-12,14-17H,2-10H2,1H3/t12?,14-,15+,16+,17-,18+/m0/s1. The second-order valence-electron chi connectivity index (χ2n) is 8.06. The van der Waals surface area contributed by atoms with Crippen LogP contribution in [0.5, 0.6) is 0 Å². The minimum Gasteiger partial charge on any atom is -0.0690 e. The van der Waals surface area contributed by atoms with Gasteiger partial charge in [-0.3, -0.25) is 0 Å². The van der Waals surface area contributed by atoms with Crippen molar-refractivity contribution in [3.05, 3.63) is 9.66 Å². The zero-order valence-corrected chi connectivity index (χ0v) is 14.4. The average molecular weight is 370 g/mol. The Hall–Kier alpha value is 0.470. The summed E-state index contributed by atoms with van der Waals surface area (Å²) in [6.07, 6.45) is 16.4. The number of fused-ring (bicyclic) bond motifs is 5. The van der Waals surface area contributed by atoms with E-state index in [-0.39, 0.29) is 0 Å². The third-order valence-electron chi connectivity index (χ3n) is 7.22. The number of allylic oxidation sites excluding steroid dienone is 2. The van der Waals surface area contributed by atoms with Crippen LogP contribution in [0.25, 0.3) is 0 Å². The molecule has 1 unspecified atom stereocenters. The summed E-state index contributed by atoms with van der Waals surface area (Å²) < 4.78 is 1.66. The van der Waals surface area contributed by atoms with E-state index in [9.17, 15) is 0 Å². The molecule has 3 fully saturated rings. The highest BCUT2D eigenvalue weighted by Crippen LogP contribution is 2.62. The van der Waals surface area contributed by atoms with E-state index in [0.717, 1.165) is 29.6 Å². The largest absolute Gasteiger partial charge is 0.0690 e. The molecule has 4 aliphatic carbocycles. The third kappa shape index (κ3) is 2.05. The van der Waals surface area contributed by atoms with Crippen LogP contribution in [0, 0.1) is 35.0 Å². The van der Waals surface area contributed by atoms with Crippen LogP contribution >= 0.6 is 22.6 Å². The molecule has 0 bridgehead atoms. The van der Waals surface area contributed by atoms with Gasteiger partial charge in [-0.2, -0.15) is 0 Å². The second-order valence-corrected chi connectivity index (χ2v) is 9.45. The number of halogens is 1. The summed E-state index contributed by atoms with van der Waals surface area (Å²) in [4.78, 5) is 0. The van der Waals surface area contributed by atoms with Gasteiger partial charge in [0.2, 0.25) is 0 Å². The molecule has 6 atom stereocenters. The molecular weight excluding hydrogens is 343 g/mol. The molecule has 0 saturated heterocycles. The number of hydrogen-bond acceptors (Lipinski definition) is 0. The van der Waals surface area contributed by atoms with E-state index in [2.05, 4.69) is 35.6 Å². The van der Waals surface area contributed by atoms with E-state index in [1.165, 1.54) is 25.7 Å². The highest BCUT2D eigenvalue weighted by atomic mass is 127. The van der Waals surface area contributed by atoms with Crippen molar-refractivity contribution in [2.75, 3.05) is 0 Å². The molecule has 0 spiro atoms. The lowest BCUT2D eigenvalue weighted by atomic mass is 9.51. The Kier molecular flexibility index (Phi) is 3.28. The Bertz CT molecular complexity index is 398. The Morgan fingerprint density at radius 2 is 1.84 bits per heavy atom. The molecule has 0 aromatic carbocycles. The van der Waals surface area contributed by atoms with Gasteiger partial charge in [0.25, 0.3) is 0 Å². The first-order valence-electron chi connectivity index (χ1n) is 8.54. The van der Waals surface area contributed by atoms with Crippen LogP contribution in [0.3, 0.4) is 0 Å². The first-order chi connectivity index (χ1) is 9.17. The van der Waals surface area contributed by atoms with Crippen molar-refractivity contribution in [2.24, 2.45) is 35.0 Å². The van der Waals surface area contributed by atoms with E-state index in [1.54, 1.807) is 35.7 Å². The minimum atomic E-state index is 0.569. The van der Waals surface area contributed by atoms with Crippen LogP contribution in [0.4, 0.5) is 0 Å². The van der Waals surface area contributed by atoms with Crippen molar-refractivity contribution in [3.63, 3.8) is 0 Å². The zero-order valence-electron chi connectivity index (χ0n) is 12.2. The quantitative estimate of drug-likeness (QED) is 0.462. The Morgan fingerprint density at radius 3 is 2.74 bits per heavy atom. The maximum Gasteiger partial charge on any atom is -0.0102 e. The molecule has 0 N–H and O–H groups in total. The molecule has 4 rings (SSSR count). The fraction of sp³-hybridized carbons (Fsp3) is 0.889. The van der Waals surface area contributed by atoms with Gasteiger partial charge in [0, 0.05) is 0 Å². The summed E-state index contributed by atoms with van der Waals surface area (Å²) in [5.41, 5.74) is 0.569. The maximum absolute atomic E-state index is 2.64. The summed E-state index contributed by atoms with van der Waals surface area (Å²) in [5.74, 6) is 5.42. The topological polar surface area (TPSA) is 0 Å². The molecule has 19 heavy (non-hydrogen) atoms. The summed E-state index contributed by atoms with van der Waals surface area (Å²) in [6.45, 7) is 2.56. The van der Waals surface area contributed by atoms with E-state index in [0.29, 0.717) is 5.41 Å². The van der Waals surface area contributed by atoms with Gasteiger partial charge in [-0.15, -0.1) is 0 Å². The zero-order chi connectivity index (χ0) is 13.0. The van der Waals surface area contributed by atoms with Crippen LogP contribution in [0.2, 0.25) is 0 Å². The van der Waals surface area contributed by atoms with Crippen molar-refractivity contribution in [1.29, 1.82) is 0 Å². The van der Waals surface area contributed by atoms with Gasteiger partial charge in [0.1, 0.15) is 0 Å². The van der Waals surface area contributed by atoms with Gasteiger partial charge >= 0.3 is 0 Å². The van der Waals surface area contributed by atoms with E-state index in [4.69, 9.17) is 0 Å². The van der Waals surface area contributed by atoms with E-state index < -0.39 is 0 Å². The van der Waals surface area contributed by atoms with Gasteiger partial charge in [-0.25, -0.2) is 0 Å². The van der Waals surface area contributed by atoms with Gasteiger partial charge in [-0.05, 0) is 99.7 Å². The predicted octanol–water partition coefficient (Wildman–Crippen LogP) is 5.96. The Morgan fingerprint density at radius 1 is 1.00 bits per heavy atom.